The van der Waals surface area contributed by atoms with Crippen LogP contribution >= 0.6 is 37.2 Å². The molecule has 0 rings (SSSR count). The van der Waals surface area contributed by atoms with Crippen LogP contribution in [0, 0.1) is 0 Å². The SMILES string of the molecule is [AlH3].[Cl][Ti]([Cl])([Cl])[Cl].[H-].[H-].[H-].[H-].[H-].[Li+].[Li+].[Li+].[Li+]. The Morgan fingerprint density at radius 2 is 0.700 bits per heavy atom. The van der Waals surface area contributed by atoms with Crippen molar-refractivity contribution in [2.75, 3.05) is 0 Å². The molecule has 0 atom stereocenters. The summed E-state index contributed by atoms with van der Waals surface area (Å²) in [5.41, 5.74) is 0. The minimum Gasteiger partial charge on any atom is -1.00 e. The maximum Gasteiger partial charge on any atom is 1.00 e. The Bertz CT molecular complexity index is 46.5. The predicted octanol–water partition coefficient (Wildman–Crippen LogP) is -9.85. The van der Waals surface area contributed by atoms with Gasteiger partial charge in [0, 0.05) is 0 Å². The molecule has 0 saturated heterocycles. The summed E-state index contributed by atoms with van der Waals surface area (Å²) in [6.45, 7) is 0. The van der Waals surface area contributed by atoms with Crippen LogP contribution in [-0.2, 0) is 12.3 Å². The van der Waals surface area contributed by atoms with Gasteiger partial charge in [0.25, 0.3) is 0 Å². The third-order valence-electron chi connectivity index (χ3n) is 0. The van der Waals surface area contributed by atoms with Crippen LogP contribution in [0.15, 0.2) is 0 Å². The Morgan fingerprint density at radius 3 is 0.700 bits per heavy atom. The molecule has 10 heavy (non-hydrogen) atoms. The molecule has 0 unspecified atom stereocenters. The molecule has 0 amide bonds. The van der Waals surface area contributed by atoms with Crippen LogP contribution in [-0.4, -0.2) is 17.4 Å². The van der Waals surface area contributed by atoms with Crippen LogP contribution < -0.4 is 75.4 Å². The van der Waals surface area contributed by atoms with Crippen molar-refractivity contribution >= 4 is 54.6 Å². The Labute approximate surface area is 147 Å². The van der Waals surface area contributed by atoms with Gasteiger partial charge in [0.05, 0.1) is 0 Å². The first-order chi connectivity index (χ1) is 2.00. The fourth-order valence-electron chi connectivity index (χ4n) is 0. The zero-order valence-corrected chi connectivity index (χ0v) is 10.6. The second-order valence-electron chi connectivity index (χ2n) is 0.429. The van der Waals surface area contributed by atoms with Gasteiger partial charge >= 0.3 is 125 Å². The summed E-state index contributed by atoms with van der Waals surface area (Å²) in [4.78, 5) is 0. The van der Waals surface area contributed by atoms with E-state index in [2.05, 4.69) is 0 Å². The van der Waals surface area contributed by atoms with Gasteiger partial charge in [-0.25, -0.2) is 0 Å². The van der Waals surface area contributed by atoms with Gasteiger partial charge in [-0.3, -0.25) is 0 Å². The number of hydrogen-bond donors (Lipinski definition) is 0. The second kappa shape index (κ2) is 19.4. The Kier molecular flexibility index (Phi) is 70.5. The van der Waals surface area contributed by atoms with Crippen LogP contribution in [0.25, 0.3) is 0 Å². The van der Waals surface area contributed by atoms with Gasteiger partial charge in [0.15, 0.2) is 17.4 Å². The van der Waals surface area contributed by atoms with Gasteiger partial charge in [-0.1, -0.05) is 0 Å². The molecular weight excluding hydrogens is 244 g/mol. The van der Waals surface area contributed by atoms with Crippen LogP contribution in [0.2, 0.25) is 0 Å². The van der Waals surface area contributed by atoms with E-state index < -0.39 is 12.3 Å². The Hall–Kier alpha value is 4.80. The third-order valence-corrected chi connectivity index (χ3v) is 0. The van der Waals surface area contributed by atoms with E-state index in [0.29, 0.717) is 0 Å². The molecule has 0 aliphatic carbocycles. The molecule has 0 aromatic carbocycles. The summed E-state index contributed by atoms with van der Waals surface area (Å²) >= 11 is -3.11. The van der Waals surface area contributed by atoms with Crippen LogP contribution in [0.3, 0.4) is 0 Å². The number of hydrogen-bond acceptors (Lipinski definition) is 0. The quantitative estimate of drug-likeness (QED) is 0.376. The smallest absolute Gasteiger partial charge is 1.00 e. The molecular formula is H8AlCl4Li4Ti-. The molecule has 0 N–H and O–H groups in total. The average Bonchev–Trinajstić information content (AvgIpc) is 0.722. The molecule has 0 spiro atoms. The van der Waals surface area contributed by atoms with E-state index in [1.54, 1.807) is 0 Å². The molecule has 10 heteroatoms. The predicted molar refractivity (Wildman–Crippen MR) is 38.9 cm³/mol. The molecule has 0 saturated carbocycles. The first kappa shape index (κ1) is 36.4. The molecule has 0 aliphatic heterocycles. The molecule has 0 aromatic rings. The van der Waals surface area contributed by atoms with E-state index >= 15 is 0 Å². The van der Waals surface area contributed by atoms with Crippen LogP contribution in [0.5, 0.6) is 0 Å². The van der Waals surface area contributed by atoms with Crippen molar-refractivity contribution in [1.82, 2.24) is 0 Å². The standard InChI is InChI=1S/Al.4ClH.4Li.Ti.8H/h;4*1H;;;;;;;;;;;;;/q;;;;;4*+1;+4;;;;5*-1/p-4. The van der Waals surface area contributed by atoms with Crippen molar-refractivity contribution in [2.45, 2.75) is 0 Å². The zero-order valence-electron chi connectivity index (χ0n) is 11.0. The van der Waals surface area contributed by atoms with E-state index in [-0.39, 0.29) is 99.9 Å². The Morgan fingerprint density at radius 1 is 0.700 bits per heavy atom. The minimum atomic E-state index is -3.11. The molecule has 0 fully saturated rings. The van der Waals surface area contributed by atoms with Crippen molar-refractivity contribution < 1.29 is 94.9 Å². The zero-order chi connectivity index (χ0) is 4.50. The minimum absolute atomic E-state index is 0. The number of rotatable bonds is 0. The van der Waals surface area contributed by atoms with Gasteiger partial charge in [0.1, 0.15) is 0 Å². The normalized spacial score (nSPS) is 6.00. The van der Waals surface area contributed by atoms with E-state index in [9.17, 15) is 0 Å². The Balaban J connectivity index is -0.00000000178. The van der Waals surface area contributed by atoms with Crippen molar-refractivity contribution in [3.05, 3.63) is 0 Å². The molecule has 0 aromatic heterocycles. The molecule has 0 aliphatic rings. The average molecular weight is 252 g/mol. The van der Waals surface area contributed by atoms with Gasteiger partial charge in [-0.15, -0.1) is 0 Å². The summed E-state index contributed by atoms with van der Waals surface area (Å²) in [7, 11) is 20.1. The summed E-state index contributed by atoms with van der Waals surface area (Å²) in [5, 5.41) is 0. The summed E-state index contributed by atoms with van der Waals surface area (Å²) in [6, 6.07) is 0. The topological polar surface area (TPSA) is 0 Å². The first-order valence-corrected chi connectivity index (χ1v) is 9.35. The number of halogens is 4. The van der Waals surface area contributed by atoms with Gasteiger partial charge in [0.2, 0.25) is 0 Å². The van der Waals surface area contributed by atoms with Crippen molar-refractivity contribution in [3.63, 3.8) is 0 Å². The van der Waals surface area contributed by atoms with E-state index in [0.717, 1.165) is 0 Å². The van der Waals surface area contributed by atoms with Crippen LogP contribution in [0.1, 0.15) is 7.13 Å². The maximum atomic E-state index is 5.01. The van der Waals surface area contributed by atoms with Gasteiger partial charge < -0.3 is 7.13 Å². The molecule has 0 radical (unpaired) electrons. The van der Waals surface area contributed by atoms with Crippen molar-refractivity contribution in [1.29, 1.82) is 0 Å². The van der Waals surface area contributed by atoms with Crippen LogP contribution in [0.4, 0.5) is 0 Å². The first-order valence-electron chi connectivity index (χ1n) is 0.756. The van der Waals surface area contributed by atoms with E-state index in [4.69, 9.17) is 37.2 Å². The van der Waals surface area contributed by atoms with Gasteiger partial charge in [-0.2, -0.15) is 0 Å². The second-order valence-corrected chi connectivity index (χ2v) is 15.9. The van der Waals surface area contributed by atoms with Gasteiger partial charge in [-0.05, 0) is 0 Å². The van der Waals surface area contributed by atoms with E-state index in [1.165, 1.54) is 0 Å². The fraction of sp³-hybridized carbons (Fsp3) is 0. The molecule has 48 valence electrons. The maximum absolute atomic E-state index is 5.01. The molecule has 0 heterocycles. The third kappa shape index (κ3) is 77.4. The van der Waals surface area contributed by atoms with Crippen molar-refractivity contribution in [2.24, 2.45) is 0 Å². The summed E-state index contributed by atoms with van der Waals surface area (Å²) < 4.78 is 0. The fourth-order valence-corrected chi connectivity index (χ4v) is 0. The molecule has 0 nitrogen and oxygen atoms in total. The largest absolute Gasteiger partial charge is 1.00 e. The molecule has 0 bridgehead atoms. The monoisotopic (exact) mass is 251 g/mol. The van der Waals surface area contributed by atoms with Crippen molar-refractivity contribution in [3.8, 4) is 0 Å². The summed E-state index contributed by atoms with van der Waals surface area (Å²) in [5.74, 6) is 0. The summed E-state index contributed by atoms with van der Waals surface area (Å²) in [6.07, 6.45) is 0. The van der Waals surface area contributed by atoms with E-state index in [1.807, 2.05) is 0 Å².